The first-order valence-electron chi connectivity index (χ1n) is 11.0. The van der Waals surface area contributed by atoms with Gasteiger partial charge in [-0.15, -0.1) is 0 Å². The van der Waals surface area contributed by atoms with Crippen molar-refractivity contribution in [3.63, 3.8) is 0 Å². The lowest BCUT2D eigenvalue weighted by Gasteiger charge is -2.36. The Morgan fingerprint density at radius 3 is 2.48 bits per heavy atom. The van der Waals surface area contributed by atoms with Crippen LogP contribution in [-0.2, 0) is 6.42 Å². The molecule has 1 N–H and O–H groups in total. The summed E-state index contributed by atoms with van der Waals surface area (Å²) in [5.41, 5.74) is 2.72. The third-order valence-corrected chi connectivity index (χ3v) is 6.10. The SMILES string of the molecule is CCNc1nc(N2CCN(c3ccccc3)CC2)nc2c1C(=O)CC(c1ccco1)C2. The monoisotopic (exact) mass is 417 g/mol. The Kier molecular flexibility index (Phi) is 5.32. The number of Topliss-reactive ketones (excluding diaryl/α,β-unsaturated/α-hetero) is 1. The van der Waals surface area contributed by atoms with Crippen LogP contribution >= 0.6 is 0 Å². The number of ketones is 1. The van der Waals surface area contributed by atoms with Gasteiger partial charge in [-0.1, -0.05) is 18.2 Å². The largest absolute Gasteiger partial charge is 0.469 e. The average molecular weight is 418 g/mol. The summed E-state index contributed by atoms with van der Waals surface area (Å²) in [6, 6.07) is 14.3. The molecule has 0 saturated carbocycles. The zero-order valence-corrected chi connectivity index (χ0v) is 17.8. The molecule has 7 heteroatoms. The molecule has 0 radical (unpaired) electrons. The van der Waals surface area contributed by atoms with Gasteiger partial charge < -0.3 is 19.5 Å². The number of nitrogens with zero attached hydrogens (tertiary/aromatic N) is 4. The number of hydrogen-bond acceptors (Lipinski definition) is 7. The predicted molar refractivity (Wildman–Crippen MR) is 121 cm³/mol. The Bertz CT molecular complexity index is 1040. The van der Waals surface area contributed by atoms with E-state index in [2.05, 4.69) is 39.4 Å². The molecule has 2 aromatic heterocycles. The van der Waals surface area contributed by atoms with Crippen molar-refractivity contribution >= 4 is 23.2 Å². The van der Waals surface area contributed by atoms with E-state index in [0.29, 0.717) is 36.7 Å². The van der Waals surface area contributed by atoms with Crippen LogP contribution in [0.2, 0.25) is 0 Å². The lowest BCUT2D eigenvalue weighted by molar-refractivity contribution is 0.0959. The number of piperazine rings is 1. The molecule has 160 valence electrons. The van der Waals surface area contributed by atoms with Gasteiger partial charge in [0.25, 0.3) is 0 Å². The molecule has 5 rings (SSSR count). The van der Waals surface area contributed by atoms with Gasteiger partial charge in [-0.05, 0) is 31.2 Å². The van der Waals surface area contributed by atoms with Gasteiger partial charge in [-0.25, -0.2) is 4.98 Å². The van der Waals surface area contributed by atoms with Crippen LogP contribution in [0, 0.1) is 0 Å². The Morgan fingerprint density at radius 1 is 1.00 bits per heavy atom. The molecule has 1 aromatic carbocycles. The molecule has 7 nitrogen and oxygen atoms in total. The van der Waals surface area contributed by atoms with Crippen molar-refractivity contribution in [1.82, 2.24) is 9.97 Å². The number of hydrogen-bond donors (Lipinski definition) is 1. The third kappa shape index (κ3) is 3.87. The van der Waals surface area contributed by atoms with E-state index >= 15 is 0 Å². The summed E-state index contributed by atoms with van der Waals surface area (Å²) in [6.45, 7) is 6.23. The first-order valence-corrected chi connectivity index (χ1v) is 11.0. The average Bonchev–Trinajstić information content (AvgIpc) is 3.35. The van der Waals surface area contributed by atoms with Crippen molar-refractivity contribution in [2.24, 2.45) is 0 Å². The van der Waals surface area contributed by atoms with Gasteiger partial charge in [0, 0.05) is 57.2 Å². The number of anilines is 3. The summed E-state index contributed by atoms with van der Waals surface area (Å²) in [4.78, 5) is 27.3. The highest BCUT2D eigenvalue weighted by molar-refractivity contribution is 6.03. The fraction of sp³-hybridized carbons (Fsp3) is 0.375. The number of fused-ring (bicyclic) bond motifs is 1. The van der Waals surface area contributed by atoms with Gasteiger partial charge in [0.1, 0.15) is 11.6 Å². The summed E-state index contributed by atoms with van der Waals surface area (Å²) in [6.07, 6.45) is 2.78. The van der Waals surface area contributed by atoms with E-state index in [1.54, 1.807) is 6.26 Å². The normalized spacial score (nSPS) is 18.7. The first-order chi connectivity index (χ1) is 15.2. The molecular weight excluding hydrogens is 390 g/mol. The Hall–Kier alpha value is -3.35. The van der Waals surface area contributed by atoms with E-state index in [-0.39, 0.29) is 11.7 Å². The van der Waals surface area contributed by atoms with Crippen molar-refractivity contribution in [1.29, 1.82) is 0 Å². The van der Waals surface area contributed by atoms with Gasteiger partial charge in [-0.3, -0.25) is 4.79 Å². The van der Waals surface area contributed by atoms with Crippen LogP contribution in [0.4, 0.5) is 17.5 Å². The van der Waals surface area contributed by atoms with Gasteiger partial charge in [0.15, 0.2) is 5.78 Å². The number of carbonyl (C=O) groups is 1. The molecule has 0 bridgehead atoms. The second-order valence-corrected chi connectivity index (χ2v) is 8.08. The molecule has 1 saturated heterocycles. The maximum absolute atomic E-state index is 13.0. The molecule has 3 heterocycles. The second-order valence-electron chi connectivity index (χ2n) is 8.08. The third-order valence-electron chi connectivity index (χ3n) is 6.10. The van der Waals surface area contributed by atoms with Crippen molar-refractivity contribution in [3.05, 3.63) is 65.7 Å². The molecule has 1 aliphatic heterocycles. The van der Waals surface area contributed by atoms with Crippen LogP contribution in [0.15, 0.2) is 53.1 Å². The van der Waals surface area contributed by atoms with Crippen LogP contribution in [0.5, 0.6) is 0 Å². The molecule has 0 amide bonds. The summed E-state index contributed by atoms with van der Waals surface area (Å²) < 4.78 is 5.59. The molecule has 1 fully saturated rings. The molecule has 0 spiro atoms. The van der Waals surface area contributed by atoms with E-state index in [4.69, 9.17) is 14.4 Å². The highest BCUT2D eigenvalue weighted by Crippen LogP contribution is 2.35. The van der Waals surface area contributed by atoms with Crippen LogP contribution in [0.25, 0.3) is 0 Å². The number of benzene rings is 1. The molecule has 1 aliphatic carbocycles. The fourth-order valence-electron chi connectivity index (χ4n) is 4.53. The predicted octanol–water partition coefficient (Wildman–Crippen LogP) is 3.74. The molecule has 3 aromatic rings. The Morgan fingerprint density at radius 2 is 1.77 bits per heavy atom. The van der Waals surface area contributed by atoms with E-state index in [1.165, 1.54) is 5.69 Å². The van der Waals surface area contributed by atoms with Crippen LogP contribution in [0.3, 0.4) is 0 Å². The van der Waals surface area contributed by atoms with Crippen LogP contribution in [-0.4, -0.2) is 48.5 Å². The minimum Gasteiger partial charge on any atom is -0.469 e. The van der Waals surface area contributed by atoms with Crippen molar-refractivity contribution in [3.8, 4) is 0 Å². The highest BCUT2D eigenvalue weighted by atomic mass is 16.3. The topological polar surface area (TPSA) is 74.5 Å². The fourth-order valence-corrected chi connectivity index (χ4v) is 4.53. The van der Waals surface area contributed by atoms with E-state index < -0.39 is 0 Å². The van der Waals surface area contributed by atoms with Crippen molar-refractivity contribution in [2.75, 3.05) is 47.8 Å². The van der Waals surface area contributed by atoms with Gasteiger partial charge in [-0.2, -0.15) is 4.98 Å². The smallest absolute Gasteiger partial charge is 0.227 e. The van der Waals surface area contributed by atoms with Crippen LogP contribution in [0.1, 0.15) is 41.1 Å². The van der Waals surface area contributed by atoms with Gasteiger partial charge in [0.2, 0.25) is 5.95 Å². The van der Waals surface area contributed by atoms with Crippen LogP contribution < -0.4 is 15.1 Å². The first kappa shape index (κ1) is 19.6. The number of para-hydroxylation sites is 1. The number of carbonyl (C=O) groups excluding carboxylic acids is 1. The number of furan rings is 1. The summed E-state index contributed by atoms with van der Waals surface area (Å²) in [5, 5.41) is 3.30. The van der Waals surface area contributed by atoms with E-state index in [1.807, 2.05) is 25.1 Å². The lowest BCUT2D eigenvalue weighted by atomic mass is 9.84. The van der Waals surface area contributed by atoms with Gasteiger partial charge in [0.05, 0.1) is 17.5 Å². The summed E-state index contributed by atoms with van der Waals surface area (Å²) >= 11 is 0. The molecule has 1 unspecified atom stereocenters. The molecule has 1 atom stereocenters. The van der Waals surface area contributed by atoms with Crippen molar-refractivity contribution < 1.29 is 9.21 Å². The standard InChI is InChI=1S/C24H27N5O2/c1-2-25-23-22-19(15-17(16-20(22)30)21-9-6-14-31-21)26-24(27-23)29-12-10-28(11-13-29)18-7-4-3-5-8-18/h3-9,14,17H,2,10-13,15-16H2,1H3,(H,25,26,27). The van der Waals surface area contributed by atoms with Crippen molar-refractivity contribution in [2.45, 2.75) is 25.7 Å². The summed E-state index contributed by atoms with van der Waals surface area (Å²) in [5.74, 6) is 2.33. The van der Waals surface area contributed by atoms with Gasteiger partial charge >= 0.3 is 0 Å². The Labute approximate surface area is 182 Å². The quantitative estimate of drug-likeness (QED) is 0.678. The molecular formula is C24H27N5O2. The second kappa shape index (κ2) is 8.41. The zero-order valence-electron chi connectivity index (χ0n) is 17.8. The molecule has 2 aliphatic rings. The summed E-state index contributed by atoms with van der Waals surface area (Å²) in [7, 11) is 0. The number of rotatable bonds is 5. The highest BCUT2D eigenvalue weighted by Gasteiger charge is 2.33. The number of nitrogens with one attached hydrogen (secondary N) is 1. The maximum atomic E-state index is 13.0. The minimum atomic E-state index is 0.0298. The Balaban J connectivity index is 1.41. The van der Waals surface area contributed by atoms with E-state index in [0.717, 1.165) is 37.6 Å². The minimum absolute atomic E-state index is 0.0298. The lowest BCUT2D eigenvalue weighted by Crippen LogP contribution is -2.47. The molecule has 31 heavy (non-hydrogen) atoms. The maximum Gasteiger partial charge on any atom is 0.227 e. The van der Waals surface area contributed by atoms with E-state index in [9.17, 15) is 4.79 Å². The number of aromatic nitrogens is 2. The zero-order chi connectivity index (χ0) is 21.2.